The molecule has 0 bridgehead atoms. The standard InChI is InChI=1S/C33H39N5O8/c1-33(2,3)46-32(43)36-25-10-7-6-9-24(25)35-28(39)22-13-11-21(12-14-22)20-38(18-8-17-37(4)5)31(42)34-23-15-16-26-27(19-23)45-30(41)29(40)44-26/h6-7,9-16,19,40-41H,8,17-18,20H2,1-5H3,(H,34,42)(H,35,39)(H,36,43). The van der Waals surface area contributed by atoms with Crippen molar-refractivity contribution in [3.63, 3.8) is 0 Å². The van der Waals surface area contributed by atoms with Crippen molar-refractivity contribution >= 4 is 35.1 Å². The maximum absolute atomic E-state index is 13.4. The number of para-hydroxylation sites is 2. The Balaban J connectivity index is 1.42. The second kappa shape index (κ2) is 14.6. The van der Waals surface area contributed by atoms with E-state index in [-0.39, 0.29) is 30.0 Å². The number of carbonyl (C=O) groups excluding carboxylic acids is 3. The molecule has 1 heterocycles. The summed E-state index contributed by atoms with van der Waals surface area (Å²) in [4.78, 5) is 42.4. The molecule has 46 heavy (non-hydrogen) atoms. The number of fused-ring (bicyclic) bond motifs is 1. The van der Waals surface area contributed by atoms with E-state index in [4.69, 9.17) is 14.2 Å². The molecule has 1 aliphatic heterocycles. The lowest BCUT2D eigenvalue weighted by Crippen LogP contribution is -2.36. The molecule has 5 N–H and O–H groups in total. The molecule has 0 aromatic heterocycles. The Morgan fingerprint density at radius 2 is 1.43 bits per heavy atom. The highest BCUT2D eigenvalue weighted by Gasteiger charge is 2.23. The first kappa shape index (κ1) is 33.5. The van der Waals surface area contributed by atoms with E-state index in [0.717, 1.165) is 18.5 Å². The van der Waals surface area contributed by atoms with E-state index in [1.165, 1.54) is 12.1 Å². The topological polar surface area (TPSA) is 162 Å². The van der Waals surface area contributed by atoms with Crippen LogP contribution in [0.4, 0.5) is 26.7 Å². The number of nitrogens with one attached hydrogen (secondary N) is 3. The van der Waals surface area contributed by atoms with Crippen LogP contribution in [0.25, 0.3) is 0 Å². The number of ether oxygens (including phenoxy) is 3. The molecular formula is C33H39N5O8. The van der Waals surface area contributed by atoms with Crippen LogP contribution in [0.15, 0.2) is 78.6 Å². The predicted octanol–water partition coefficient (Wildman–Crippen LogP) is 6.29. The van der Waals surface area contributed by atoms with Gasteiger partial charge in [-0.05, 0) is 89.8 Å². The fraction of sp³-hybridized carbons (Fsp3) is 0.303. The van der Waals surface area contributed by atoms with Gasteiger partial charge in [0.1, 0.15) is 5.60 Å². The summed E-state index contributed by atoms with van der Waals surface area (Å²) < 4.78 is 15.6. The third-order valence-corrected chi connectivity index (χ3v) is 6.51. The van der Waals surface area contributed by atoms with Gasteiger partial charge >= 0.3 is 24.0 Å². The lowest BCUT2D eigenvalue weighted by atomic mass is 10.1. The van der Waals surface area contributed by atoms with Crippen LogP contribution in [0.3, 0.4) is 0 Å². The van der Waals surface area contributed by atoms with Crippen molar-refractivity contribution in [2.75, 3.05) is 43.1 Å². The van der Waals surface area contributed by atoms with E-state index in [9.17, 15) is 24.6 Å². The van der Waals surface area contributed by atoms with E-state index in [1.54, 1.807) is 80.3 Å². The molecule has 0 saturated heterocycles. The van der Waals surface area contributed by atoms with Crippen LogP contribution in [-0.4, -0.2) is 70.8 Å². The van der Waals surface area contributed by atoms with E-state index in [0.29, 0.717) is 29.2 Å². The zero-order valence-electron chi connectivity index (χ0n) is 26.4. The Morgan fingerprint density at radius 3 is 2.07 bits per heavy atom. The monoisotopic (exact) mass is 633 g/mol. The van der Waals surface area contributed by atoms with E-state index in [1.807, 2.05) is 19.0 Å². The Hall–Kier alpha value is -5.43. The highest BCUT2D eigenvalue weighted by atomic mass is 16.7. The molecule has 4 amide bonds. The largest absolute Gasteiger partial charge is 0.476 e. The van der Waals surface area contributed by atoms with Gasteiger partial charge in [0.15, 0.2) is 11.5 Å². The first-order valence-electron chi connectivity index (χ1n) is 14.6. The van der Waals surface area contributed by atoms with Gasteiger partial charge in [0.25, 0.3) is 5.91 Å². The average Bonchev–Trinajstić information content (AvgIpc) is 2.97. The van der Waals surface area contributed by atoms with Crippen molar-refractivity contribution in [2.45, 2.75) is 39.3 Å². The number of rotatable bonds is 10. The smallest absolute Gasteiger partial charge is 0.412 e. The second-order valence-corrected chi connectivity index (χ2v) is 11.8. The zero-order valence-corrected chi connectivity index (χ0v) is 26.4. The van der Waals surface area contributed by atoms with Crippen LogP contribution in [-0.2, 0) is 11.3 Å². The summed E-state index contributed by atoms with van der Waals surface area (Å²) in [6.45, 7) is 6.78. The van der Waals surface area contributed by atoms with Gasteiger partial charge in [0, 0.05) is 30.4 Å². The number of amides is 4. The fourth-order valence-electron chi connectivity index (χ4n) is 4.37. The molecule has 4 rings (SSSR count). The number of hydrogen-bond acceptors (Lipinski definition) is 9. The summed E-state index contributed by atoms with van der Waals surface area (Å²) >= 11 is 0. The molecule has 13 heteroatoms. The molecule has 0 unspecified atom stereocenters. The van der Waals surface area contributed by atoms with Crippen molar-refractivity contribution in [3.05, 3.63) is 89.7 Å². The highest BCUT2D eigenvalue weighted by Crippen LogP contribution is 2.36. The van der Waals surface area contributed by atoms with Gasteiger partial charge in [-0.2, -0.15) is 0 Å². The quantitative estimate of drug-likeness (QED) is 0.173. The highest BCUT2D eigenvalue weighted by molar-refractivity contribution is 6.06. The molecule has 0 spiro atoms. The molecule has 3 aromatic rings. The summed E-state index contributed by atoms with van der Waals surface area (Å²) in [5.41, 5.74) is 1.72. The first-order valence-corrected chi connectivity index (χ1v) is 14.6. The Bertz CT molecular complexity index is 1600. The molecule has 0 aliphatic carbocycles. The normalized spacial score (nSPS) is 12.4. The average molecular weight is 634 g/mol. The van der Waals surface area contributed by atoms with Crippen LogP contribution in [0.5, 0.6) is 11.5 Å². The van der Waals surface area contributed by atoms with Crippen molar-refractivity contribution < 1.29 is 38.8 Å². The van der Waals surface area contributed by atoms with Crippen LogP contribution in [0, 0.1) is 0 Å². The molecule has 0 radical (unpaired) electrons. The zero-order chi connectivity index (χ0) is 33.4. The minimum absolute atomic E-state index is 0.129. The minimum Gasteiger partial charge on any atom is -0.476 e. The maximum Gasteiger partial charge on any atom is 0.412 e. The molecule has 1 aliphatic rings. The molecule has 244 valence electrons. The number of aliphatic hydroxyl groups excluding tert-OH is 2. The first-order chi connectivity index (χ1) is 21.8. The summed E-state index contributed by atoms with van der Waals surface area (Å²) in [6.07, 6.45) is 0.0833. The van der Waals surface area contributed by atoms with Gasteiger partial charge in [-0.15, -0.1) is 0 Å². The minimum atomic E-state index is -0.778. The van der Waals surface area contributed by atoms with Crippen molar-refractivity contribution in [3.8, 4) is 11.5 Å². The summed E-state index contributed by atoms with van der Waals surface area (Å²) in [7, 11) is 3.91. The lowest BCUT2D eigenvalue weighted by Gasteiger charge is -2.25. The van der Waals surface area contributed by atoms with E-state index >= 15 is 0 Å². The van der Waals surface area contributed by atoms with Crippen LogP contribution in [0.1, 0.15) is 43.1 Å². The van der Waals surface area contributed by atoms with Crippen molar-refractivity contribution in [1.29, 1.82) is 0 Å². The van der Waals surface area contributed by atoms with E-state index in [2.05, 4.69) is 16.0 Å². The SMILES string of the molecule is CN(C)CCCN(Cc1ccc(C(=O)Nc2ccccc2NC(=O)OC(C)(C)C)cc1)C(=O)Nc1ccc2c(c1)OC(O)=C(O)O2. The van der Waals surface area contributed by atoms with Gasteiger partial charge in [-0.1, -0.05) is 24.3 Å². The molecule has 13 nitrogen and oxygen atoms in total. The second-order valence-electron chi connectivity index (χ2n) is 11.8. The number of anilines is 3. The number of benzene rings is 3. The third-order valence-electron chi connectivity index (χ3n) is 6.51. The lowest BCUT2D eigenvalue weighted by molar-refractivity contribution is 0.0635. The fourth-order valence-corrected chi connectivity index (χ4v) is 4.37. The van der Waals surface area contributed by atoms with Gasteiger partial charge < -0.3 is 44.9 Å². The molecule has 0 saturated carbocycles. The van der Waals surface area contributed by atoms with Crippen LogP contribution in [0.2, 0.25) is 0 Å². The molecule has 0 fully saturated rings. The summed E-state index contributed by atoms with van der Waals surface area (Å²) in [6, 6.07) is 17.9. The summed E-state index contributed by atoms with van der Waals surface area (Å²) in [5, 5.41) is 27.5. The number of hydrogen-bond donors (Lipinski definition) is 5. The number of urea groups is 1. The Labute approximate surface area is 267 Å². The Morgan fingerprint density at radius 1 is 0.804 bits per heavy atom. The molecular weight excluding hydrogens is 594 g/mol. The predicted molar refractivity (Wildman–Crippen MR) is 173 cm³/mol. The number of aliphatic hydroxyl groups is 2. The Kier molecular flexibility index (Phi) is 10.6. The number of nitrogens with zero attached hydrogens (tertiary/aromatic N) is 2. The van der Waals surface area contributed by atoms with Gasteiger partial charge in [0.05, 0.1) is 11.4 Å². The van der Waals surface area contributed by atoms with E-state index < -0.39 is 23.6 Å². The van der Waals surface area contributed by atoms with Crippen LogP contribution >= 0.6 is 0 Å². The van der Waals surface area contributed by atoms with Gasteiger partial charge in [0.2, 0.25) is 0 Å². The van der Waals surface area contributed by atoms with Gasteiger partial charge in [-0.3, -0.25) is 10.1 Å². The summed E-state index contributed by atoms with van der Waals surface area (Å²) in [5.74, 6) is -1.59. The molecule has 3 aromatic carbocycles. The van der Waals surface area contributed by atoms with Crippen molar-refractivity contribution in [1.82, 2.24) is 9.80 Å². The number of carbonyl (C=O) groups is 3. The van der Waals surface area contributed by atoms with Crippen LogP contribution < -0.4 is 25.4 Å². The third kappa shape index (κ3) is 9.53. The van der Waals surface area contributed by atoms with Gasteiger partial charge in [-0.25, -0.2) is 9.59 Å². The maximum atomic E-state index is 13.4. The molecule has 0 atom stereocenters. The van der Waals surface area contributed by atoms with Crippen molar-refractivity contribution in [2.24, 2.45) is 0 Å².